The number of hydrogen-bond donors (Lipinski definition) is 0. The van der Waals surface area contributed by atoms with E-state index < -0.39 is 21.6 Å². The third-order valence-corrected chi connectivity index (χ3v) is 48.8. The Kier molecular flexibility index (Phi) is 4.39. The van der Waals surface area contributed by atoms with E-state index in [9.17, 15) is 4.79 Å². The van der Waals surface area contributed by atoms with Crippen molar-refractivity contribution in [2.75, 3.05) is 12.7 Å². The molecule has 1 saturated heterocycles. The van der Waals surface area contributed by atoms with Gasteiger partial charge in [-0.2, -0.15) is 11.1 Å². The van der Waals surface area contributed by atoms with Crippen molar-refractivity contribution in [1.29, 1.82) is 0 Å². The first kappa shape index (κ1) is 15.5. The Morgan fingerprint density at radius 1 is 1.12 bits per heavy atom. The van der Waals surface area contributed by atoms with Crippen LogP contribution in [0.4, 0.5) is 0 Å². The second-order valence-corrected chi connectivity index (χ2v) is 37.6. The average Bonchev–Trinajstić information content (AvgIpc) is 2.47. The van der Waals surface area contributed by atoms with Gasteiger partial charge in [-0.3, -0.25) is 4.79 Å². The molecule has 1 amide bonds. The fourth-order valence-electron chi connectivity index (χ4n) is 2.73. The smallest absolute Gasteiger partial charge is 0.222 e. The lowest BCUT2D eigenvalue weighted by Crippen LogP contribution is -2.72. The SMILES string of the molecule is C[Si](C)(C)[Si](Cl)(CN1CCCC1=O)[Si](C)(C)C. The van der Waals surface area contributed by atoms with Gasteiger partial charge in [-0.1, -0.05) is 39.3 Å². The molecule has 0 saturated carbocycles. The molecule has 17 heavy (non-hydrogen) atoms. The Morgan fingerprint density at radius 3 is 1.88 bits per heavy atom. The molecule has 0 aromatic heterocycles. The minimum Gasteiger partial charge on any atom is -0.345 e. The van der Waals surface area contributed by atoms with Crippen LogP contribution < -0.4 is 0 Å². The predicted octanol–water partition coefficient (Wildman–Crippen LogP) is 3.17. The maximum absolute atomic E-state index is 11.8. The number of amides is 1. The van der Waals surface area contributed by atoms with Crippen molar-refractivity contribution in [2.24, 2.45) is 0 Å². The molecule has 0 unspecified atom stereocenters. The van der Waals surface area contributed by atoms with E-state index in [-0.39, 0.29) is 0 Å². The summed E-state index contributed by atoms with van der Waals surface area (Å²) >= 11 is 7.21. The molecular weight excluding hydrogens is 282 g/mol. The first-order valence-corrected chi connectivity index (χ1v) is 18.7. The highest BCUT2D eigenvalue weighted by Crippen LogP contribution is 2.34. The Morgan fingerprint density at radius 2 is 1.59 bits per heavy atom. The molecule has 0 atom stereocenters. The molecule has 0 spiro atoms. The second-order valence-electron chi connectivity index (χ2n) is 7.22. The van der Waals surface area contributed by atoms with Gasteiger partial charge >= 0.3 is 0 Å². The fourth-order valence-corrected chi connectivity index (χ4v) is 38.2. The van der Waals surface area contributed by atoms with E-state index in [1.807, 2.05) is 0 Å². The van der Waals surface area contributed by atoms with Crippen molar-refractivity contribution in [3.8, 4) is 0 Å². The highest BCUT2D eigenvalue weighted by molar-refractivity contribution is 7.82. The molecule has 100 valence electrons. The van der Waals surface area contributed by atoms with Crippen LogP contribution in [0.25, 0.3) is 0 Å². The van der Waals surface area contributed by atoms with Gasteiger partial charge in [0.15, 0.2) is 6.42 Å². The molecule has 1 fully saturated rings. The number of likely N-dealkylation sites (tertiary alicyclic amines) is 1. The average molecular weight is 308 g/mol. The number of rotatable bonds is 4. The fraction of sp³-hybridized carbons (Fsp3) is 0.909. The van der Waals surface area contributed by atoms with Crippen LogP contribution >= 0.6 is 11.1 Å². The number of carbonyl (C=O) groups is 1. The Bertz CT molecular complexity index is 295. The lowest BCUT2D eigenvalue weighted by Gasteiger charge is -2.46. The number of halogens is 1. The summed E-state index contributed by atoms with van der Waals surface area (Å²) in [6.07, 6.45) is 0.871. The molecule has 1 aliphatic heterocycles. The number of nitrogens with zero attached hydrogens (tertiary/aromatic N) is 1. The van der Waals surface area contributed by atoms with Gasteiger partial charge < -0.3 is 4.90 Å². The van der Waals surface area contributed by atoms with Gasteiger partial charge in [-0.25, -0.2) is 0 Å². The van der Waals surface area contributed by atoms with Crippen LogP contribution in [0.1, 0.15) is 12.8 Å². The largest absolute Gasteiger partial charge is 0.345 e. The standard InChI is InChI=1S/C11H26ClNOSi3/c1-15(2,3)17(12,16(4,5)6)10-13-9-7-8-11(13)14/h7-10H2,1-6H3. The zero-order valence-electron chi connectivity index (χ0n) is 12.1. The summed E-state index contributed by atoms with van der Waals surface area (Å²) < 4.78 is 0. The van der Waals surface area contributed by atoms with Gasteiger partial charge in [0, 0.05) is 19.1 Å². The maximum Gasteiger partial charge on any atom is 0.222 e. The zero-order chi connectivity index (χ0) is 13.5. The van der Waals surface area contributed by atoms with E-state index in [0.29, 0.717) is 5.91 Å². The normalized spacial score (nSPS) is 19.0. The lowest BCUT2D eigenvalue weighted by atomic mass is 10.4. The lowest BCUT2D eigenvalue weighted by molar-refractivity contribution is -0.126. The van der Waals surface area contributed by atoms with E-state index in [1.54, 1.807) is 0 Å². The van der Waals surface area contributed by atoms with E-state index in [4.69, 9.17) is 11.1 Å². The summed E-state index contributed by atoms with van der Waals surface area (Å²) in [4.78, 5) is 13.9. The number of carbonyl (C=O) groups excluding carboxylic acids is 1. The summed E-state index contributed by atoms with van der Waals surface area (Å²) in [6, 6.07) is 0. The van der Waals surface area contributed by atoms with E-state index >= 15 is 0 Å². The highest BCUT2D eigenvalue weighted by atomic mass is 35.6. The summed E-state index contributed by atoms with van der Waals surface area (Å²) in [5, 5.41) is 0. The van der Waals surface area contributed by atoms with Crippen molar-refractivity contribution in [1.82, 2.24) is 4.90 Å². The Labute approximate surface area is 113 Å². The van der Waals surface area contributed by atoms with Gasteiger partial charge in [-0.15, -0.1) is 0 Å². The van der Waals surface area contributed by atoms with Gasteiger partial charge in [0.05, 0.1) is 15.2 Å². The maximum atomic E-state index is 11.8. The Hall–Kier alpha value is 0.411. The molecule has 0 bridgehead atoms. The molecule has 1 rings (SSSR count). The minimum absolute atomic E-state index is 0.332. The van der Waals surface area contributed by atoms with Crippen LogP contribution in [-0.2, 0) is 4.79 Å². The van der Waals surface area contributed by atoms with Gasteiger partial charge in [0.1, 0.15) is 0 Å². The van der Waals surface area contributed by atoms with Crippen LogP contribution in [-0.4, -0.2) is 45.1 Å². The first-order chi connectivity index (χ1) is 7.49. The van der Waals surface area contributed by atoms with Crippen molar-refractivity contribution in [3.05, 3.63) is 0 Å². The number of hydrogen-bond acceptors (Lipinski definition) is 1. The van der Waals surface area contributed by atoms with E-state index in [0.717, 1.165) is 25.6 Å². The third-order valence-electron chi connectivity index (χ3n) is 3.96. The third kappa shape index (κ3) is 3.05. The molecule has 0 aromatic rings. The minimum atomic E-state index is -1.80. The van der Waals surface area contributed by atoms with Gasteiger partial charge in [0.25, 0.3) is 0 Å². The molecule has 0 radical (unpaired) electrons. The summed E-state index contributed by atoms with van der Waals surface area (Å²) in [5.41, 5.74) is 0. The van der Waals surface area contributed by atoms with Crippen LogP contribution in [0.15, 0.2) is 0 Å². The molecule has 6 heteroatoms. The first-order valence-electron chi connectivity index (χ1n) is 6.46. The van der Waals surface area contributed by atoms with Crippen molar-refractivity contribution < 1.29 is 4.79 Å². The van der Waals surface area contributed by atoms with Gasteiger partial charge in [0.2, 0.25) is 5.91 Å². The van der Waals surface area contributed by atoms with Crippen LogP contribution in [0.5, 0.6) is 0 Å². The van der Waals surface area contributed by atoms with Crippen molar-refractivity contribution in [2.45, 2.75) is 52.1 Å². The van der Waals surface area contributed by atoms with Crippen molar-refractivity contribution >= 4 is 38.6 Å². The van der Waals surface area contributed by atoms with Crippen LogP contribution in [0.3, 0.4) is 0 Å². The summed E-state index contributed by atoms with van der Waals surface area (Å²) in [7, 11) is -2.74. The highest BCUT2D eigenvalue weighted by Gasteiger charge is 2.55. The second kappa shape index (κ2) is 4.83. The molecule has 0 aromatic carbocycles. The zero-order valence-corrected chi connectivity index (χ0v) is 15.8. The van der Waals surface area contributed by atoms with Crippen LogP contribution in [0, 0.1) is 0 Å². The van der Waals surface area contributed by atoms with Crippen molar-refractivity contribution in [3.63, 3.8) is 0 Å². The molecule has 1 aliphatic rings. The summed E-state index contributed by atoms with van der Waals surface area (Å²) in [6.45, 7) is 15.3. The molecule has 1 heterocycles. The quantitative estimate of drug-likeness (QED) is 0.577. The summed E-state index contributed by atoms with van der Waals surface area (Å²) in [5.74, 6) is 0.332. The molecule has 2 nitrogen and oxygen atoms in total. The van der Waals surface area contributed by atoms with E-state index in [2.05, 4.69) is 44.2 Å². The molecular formula is C11H26ClNOSi3. The Balaban J connectivity index is 2.97. The molecule has 0 N–H and O–H groups in total. The van der Waals surface area contributed by atoms with E-state index in [1.165, 1.54) is 0 Å². The molecule has 0 aliphatic carbocycles. The topological polar surface area (TPSA) is 20.3 Å². The van der Waals surface area contributed by atoms with Gasteiger partial charge in [-0.05, 0) is 6.42 Å². The van der Waals surface area contributed by atoms with Crippen LogP contribution in [0.2, 0.25) is 39.3 Å². The predicted molar refractivity (Wildman–Crippen MR) is 84.1 cm³/mol. The monoisotopic (exact) mass is 307 g/mol.